The Morgan fingerprint density at radius 3 is 2.55 bits per heavy atom. The molecular weight excluding hydrogens is 388 g/mol. The van der Waals surface area contributed by atoms with Crippen molar-refractivity contribution in [3.63, 3.8) is 0 Å². The third-order valence-electron chi connectivity index (χ3n) is 5.60. The number of amides is 1. The van der Waals surface area contributed by atoms with E-state index < -0.39 is 15.4 Å². The number of nitrogens with zero attached hydrogens (tertiary/aromatic N) is 3. The summed E-state index contributed by atoms with van der Waals surface area (Å²) in [4.78, 5) is 14.5. The van der Waals surface area contributed by atoms with Crippen molar-refractivity contribution in [3.05, 3.63) is 52.8 Å². The van der Waals surface area contributed by atoms with Gasteiger partial charge in [0.1, 0.15) is 0 Å². The second kappa shape index (κ2) is 8.28. The highest BCUT2D eigenvalue weighted by Crippen LogP contribution is 2.22. The summed E-state index contributed by atoms with van der Waals surface area (Å²) in [6.45, 7) is 9.40. The van der Waals surface area contributed by atoms with Crippen LogP contribution in [0.4, 0.5) is 0 Å². The lowest BCUT2D eigenvalue weighted by molar-refractivity contribution is -0.123. The Balaban J connectivity index is 1.61. The van der Waals surface area contributed by atoms with Crippen molar-refractivity contribution in [2.24, 2.45) is 0 Å². The van der Waals surface area contributed by atoms with Crippen LogP contribution in [0.3, 0.4) is 0 Å². The van der Waals surface area contributed by atoms with Gasteiger partial charge in [-0.15, -0.1) is 0 Å². The number of rotatable bonds is 6. The Kier molecular flexibility index (Phi) is 6.14. The molecule has 1 N–H and O–H groups in total. The Bertz CT molecular complexity index is 981. The number of aromatic nitrogens is 2. The van der Waals surface area contributed by atoms with Crippen LogP contribution in [0.25, 0.3) is 0 Å². The first-order valence-corrected chi connectivity index (χ1v) is 11.7. The van der Waals surface area contributed by atoms with Gasteiger partial charge >= 0.3 is 0 Å². The number of carbonyl (C=O) groups is 1. The van der Waals surface area contributed by atoms with Crippen molar-refractivity contribution in [2.75, 3.05) is 24.6 Å². The van der Waals surface area contributed by atoms with Crippen LogP contribution in [0, 0.1) is 13.8 Å². The molecule has 0 aliphatic carbocycles. The van der Waals surface area contributed by atoms with Crippen molar-refractivity contribution >= 4 is 15.7 Å². The fraction of sp³-hybridized carbons (Fsp3) is 0.524. The first-order chi connectivity index (χ1) is 13.6. The largest absolute Gasteiger partial charge is 0.351 e. The van der Waals surface area contributed by atoms with Gasteiger partial charge in [-0.25, -0.2) is 8.42 Å². The van der Waals surface area contributed by atoms with Gasteiger partial charge in [0.2, 0.25) is 5.91 Å². The molecular formula is C21H30N4O3S. The third kappa shape index (κ3) is 5.25. The van der Waals surface area contributed by atoms with Crippen molar-refractivity contribution in [1.29, 1.82) is 0 Å². The molecule has 1 saturated heterocycles. The molecule has 0 spiro atoms. The maximum absolute atomic E-state index is 12.5. The number of hydrogen-bond acceptors (Lipinski definition) is 5. The zero-order chi connectivity index (χ0) is 21.2. The number of nitrogens with one attached hydrogen (secondary N) is 1. The van der Waals surface area contributed by atoms with E-state index in [0.717, 1.165) is 17.0 Å². The lowest BCUT2D eigenvalue weighted by atomic mass is 10.1. The molecule has 0 saturated carbocycles. The van der Waals surface area contributed by atoms with E-state index in [-0.39, 0.29) is 24.0 Å². The molecule has 0 atom stereocenters. The summed E-state index contributed by atoms with van der Waals surface area (Å²) in [7, 11) is -3.03. The van der Waals surface area contributed by atoms with Gasteiger partial charge in [-0.1, -0.05) is 30.3 Å². The molecule has 1 aromatic carbocycles. The van der Waals surface area contributed by atoms with Gasteiger partial charge in [0.05, 0.1) is 30.3 Å². The van der Waals surface area contributed by atoms with E-state index in [1.807, 2.05) is 55.5 Å². The summed E-state index contributed by atoms with van der Waals surface area (Å²) >= 11 is 0. The SMILES string of the molecule is Cc1nn(Cc2ccccc2)c(C)c1CNC(=O)CN1CCS(=O)(=O)CC1(C)C. The predicted octanol–water partition coefficient (Wildman–Crippen LogP) is 1.67. The summed E-state index contributed by atoms with van der Waals surface area (Å²) in [5, 5.41) is 7.61. The molecule has 1 aromatic heterocycles. The molecule has 1 aliphatic heterocycles. The van der Waals surface area contributed by atoms with E-state index in [1.54, 1.807) is 0 Å². The number of benzene rings is 1. The lowest BCUT2D eigenvalue weighted by Gasteiger charge is -2.41. The average molecular weight is 419 g/mol. The minimum atomic E-state index is -3.03. The monoisotopic (exact) mass is 418 g/mol. The molecule has 29 heavy (non-hydrogen) atoms. The van der Waals surface area contributed by atoms with E-state index in [2.05, 4.69) is 22.5 Å². The van der Waals surface area contributed by atoms with Crippen molar-refractivity contribution < 1.29 is 13.2 Å². The molecule has 2 aromatic rings. The van der Waals surface area contributed by atoms with E-state index in [1.165, 1.54) is 5.56 Å². The highest BCUT2D eigenvalue weighted by atomic mass is 32.2. The zero-order valence-corrected chi connectivity index (χ0v) is 18.4. The molecule has 8 heteroatoms. The Morgan fingerprint density at radius 2 is 1.90 bits per heavy atom. The summed E-state index contributed by atoms with van der Waals surface area (Å²) in [6.07, 6.45) is 0. The fourth-order valence-electron chi connectivity index (χ4n) is 3.86. The van der Waals surface area contributed by atoms with E-state index >= 15 is 0 Å². The van der Waals surface area contributed by atoms with Crippen LogP contribution >= 0.6 is 0 Å². The Morgan fingerprint density at radius 1 is 1.21 bits per heavy atom. The van der Waals surface area contributed by atoms with Crippen LogP contribution < -0.4 is 5.32 Å². The highest BCUT2D eigenvalue weighted by molar-refractivity contribution is 7.91. The number of aryl methyl sites for hydroxylation is 1. The summed E-state index contributed by atoms with van der Waals surface area (Å²) in [5.41, 5.74) is 3.60. The number of hydrogen-bond donors (Lipinski definition) is 1. The maximum Gasteiger partial charge on any atom is 0.234 e. The molecule has 0 radical (unpaired) electrons. The van der Waals surface area contributed by atoms with Gasteiger partial charge in [0.15, 0.2) is 9.84 Å². The van der Waals surface area contributed by atoms with E-state index in [4.69, 9.17) is 0 Å². The summed E-state index contributed by atoms with van der Waals surface area (Å²) in [6, 6.07) is 10.1. The van der Waals surface area contributed by atoms with Gasteiger partial charge < -0.3 is 5.32 Å². The Labute approximate surface area is 173 Å². The topological polar surface area (TPSA) is 84.3 Å². The Hall–Kier alpha value is -2.19. The molecule has 3 rings (SSSR count). The smallest absolute Gasteiger partial charge is 0.234 e. The standard InChI is InChI=1S/C21H30N4O3S/c1-16-19(17(2)25(23-16)13-18-8-6-5-7-9-18)12-22-20(26)14-24-10-11-29(27,28)15-21(24,3)4/h5-9H,10-15H2,1-4H3,(H,22,26). The van der Waals surface area contributed by atoms with Gasteiger partial charge in [0.25, 0.3) is 0 Å². The number of carbonyl (C=O) groups excluding carboxylic acids is 1. The molecule has 0 unspecified atom stereocenters. The minimum Gasteiger partial charge on any atom is -0.351 e. The molecule has 2 heterocycles. The van der Waals surface area contributed by atoms with Crippen LogP contribution in [0.1, 0.15) is 36.4 Å². The number of sulfone groups is 1. The molecule has 1 fully saturated rings. The van der Waals surface area contributed by atoms with Crippen LogP contribution in [0.5, 0.6) is 0 Å². The molecule has 1 amide bonds. The predicted molar refractivity (Wildman–Crippen MR) is 113 cm³/mol. The quantitative estimate of drug-likeness (QED) is 0.772. The van der Waals surface area contributed by atoms with Crippen LogP contribution in [0.2, 0.25) is 0 Å². The molecule has 158 valence electrons. The first-order valence-electron chi connectivity index (χ1n) is 9.86. The normalized spacial score (nSPS) is 18.5. The molecule has 0 bridgehead atoms. The van der Waals surface area contributed by atoms with Crippen molar-refractivity contribution in [1.82, 2.24) is 20.0 Å². The van der Waals surface area contributed by atoms with E-state index in [0.29, 0.717) is 19.6 Å². The lowest BCUT2D eigenvalue weighted by Crippen LogP contribution is -2.57. The van der Waals surface area contributed by atoms with E-state index in [9.17, 15) is 13.2 Å². The van der Waals surface area contributed by atoms with Crippen LogP contribution in [-0.4, -0.2) is 59.1 Å². The second-order valence-electron chi connectivity index (χ2n) is 8.40. The first kappa shape index (κ1) is 21.5. The molecule has 1 aliphatic rings. The van der Waals surface area contributed by atoms with Crippen molar-refractivity contribution in [3.8, 4) is 0 Å². The van der Waals surface area contributed by atoms with Gasteiger partial charge in [0, 0.05) is 29.9 Å². The average Bonchev–Trinajstić information content (AvgIpc) is 2.89. The van der Waals surface area contributed by atoms with Gasteiger partial charge in [-0.3, -0.25) is 14.4 Å². The van der Waals surface area contributed by atoms with Crippen LogP contribution in [-0.2, 0) is 27.7 Å². The zero-order valence-electron chi connectivity index (χ0n) is 17.6. The van der Waals surface area contributed by atoms with Crippen molar-refractivity contribution in [2.45, 2.75) is 46.3 Å². The third-order valence-corrected chi connectivity index (χ3v) is 7.56. The van der Waals surface area contributed by atoms with Gasteiger partial charge in [-0.05, 0) is 33.3 Å². The molecule has 7 nitrogen and oxygen atoms in total. The minimum absolute atomic E-state index is 0.0811. The highest BCUT2D eigenvalue weighted by Gasteiger charge is 2.38. The fourth-order valence-corrected chi connectivity index (χ4v) is 5.76. The second-order valence-corrected chi connectivity index (χ2v) is 10.6. The summed E-state index contributed by atoms with van der Waals surface area (Å²) < 4.78 is 25.7. The maximum atomic E-state index is 12.5. The van der Waals surface area contributed by atoms with Gasteiger partial charge in [-0.2, -0.15) is 5.10 Å². The van der Waals surface area contributed by atoms with Crippen LogP contribution in [0.15, 0.2) is 30.3 Å². The summed E-state index contributed by atoms with van der Waals surface area (Å²) in [5.74, 6) is 0.0818.